The van der Waals surface area contributed by atoms with Gasteiger partial charge >= 0.3 is 5.97 Å². The van der Waals surface area contributed by atoms with E-state index in [2.05, 4.69) is 0 Å². The molecule has 2 aromatic rings. The van der Waals surface area contributed by atoms with Gasteiger partial charge in [0.05, 0.1) is 7.11 Å². The molecule has 4 rings (SSSR count). The number of ether oxygens (including phenoxy) is 3. The van der Waals surface area contributed by atoms with Crippen LogP contribution in [0.5, 0.6) is 5.75 Å². The Kier molecular flexibility index (Phi) is 3.30. The van der Waals surface area contributed by atoms with Crippen molar-refractivity contribution in [1.29, 1.82) is 0 Å². The molecule has 4 nitrogen and oxygen atoms in total. The molecule has 0 aliphatic carbocycles. The van der Waals surface area contributed by atoms with E-state index in [1.807, 2.05) is 54.6 Å². The number of carbonyl (C=O) groups excluding carboxylic acids is 1. The summed E-state index contributed by atoms with van der Waals surface area (Å²) in [6.45, 7) is 0.306. The fourth-order valence-electron chi connectivity index (χ4n) is 3.15. The van der Waals surface area contributed by atoms with Crippen molar-refractivity contribution in [3.63, 3.8) is 0 Å². The van der Waals surface area contributed by atoms with Gasteiger partial charge in [0.1, 0.15) is 30.1 Å². The van der Waals surface area contributed by atoms with Crippen molar-refractivity contribution in [3.8, 4) is 5.75 Å². The van der Waals surface area contributed by atoms with Crippen LogP contribution in [-0.4, -0.2) is 19.7 Å². The van der Waals surface area contributed by atoms with Crippen LogP contribution in [0.4, 0.5) is 0 Å². The number of fused-ring (bicyclic) bond motifs is 1. The van der Waals surface area contributed by atoms with Gasteiger partial charge in [-0.2, -0.15) is 0 Å². The lowest BCUT2D eigenvalue weighted by Crippen LogP contribution is -2.16. The number of hydrogen-bond donors (Lipinski definition) is 0. The fraction of sp³-hybridized carbons (Fsp3) is 0.211. The van der Waals surface area contributed by atoms with Crippen molar-refractivity contribution in [1.82, 2.24) is 0 Å². The molecule has 0 spiro atoms. The van der Waals surface area contributed by atoms with Crippen LogP contribution in [0.1, 0.15) is 17.2 Å². The van der Waals surface area contributed by atoms with E-state index in [4.69, 9.17) is 14.2 Å². The van der Waals surface area contributed by atoms with Gasteiger partial charge in [0.2, 0.25) is 0 Å². The van der Waals surface area contributed by atoms with E-state index < -0.39 is 0 Å². The Bertz CT molecular complexity index is 762. The first-order chi connectivity index (χ1) is 11.3. The van der Waals surface area contributed by atoms with Gasteiger partial charge in [-0.05, 0) is 17.7 Å². The molecule has 1 saturated heterocycles. The molecule has 0 amide bonds. The number of carbonyl (C=O) groups is 1. The predicted molar refractivity (Wildman–Crippen MR) is 84.6 cm³/mol. The molecular formula is C19H16O4. The van der Waals surface area contributed by atoms with Crippen LogP contribution in [-0.2, 0) is 14.3 Å². The molecule has 0 radical (unpaired) electrons. The molecular weight excluding hydrogens is 292 g/mol. The summed E-state index contributed by atoms with van der Waals surface area (Å²) in [5.41, 5.74) is 2.85. The quantitative estimate of drug-likeness (QED) is 0.816. The van der Waals surface area contributed by atoms with Gasteiger partial charge in [-0.25, -0.2) is 0 Å². The van der Waals surface area contributed by atoms with Gasteiger partial charge in [-0.1, -0.05) is 42.5 Å². The SMILES string of the molecule is COc1ccc(C2OC(c3ccccc3)=C3COC(=O)C32)cc1. The number of cyclic esters (lactones) is 1. The maximum Gasteiger partial charge on any atom is 0.317 e. The Morgan fingerprint density at radius 1 is 1.04 bits per heavy atom. The minimum absolute atomic E-state index is 0.216. The first-order valence-electron chi connectivity index (χ1n) is 7.53. The highest BCUT2D eigenvalue weighted by molar-refractivity contribution is 5.86. The average Bonchev–Trinajstić information content (AvgIpc) is 3.17. The summed E-state index contributed by atoms with van der Waals surface area (Å²) in [5.74, 6) is 0.963. The van der Waals surface area contributed by atoms with E-state index in [1.165, 1.54) is 0 Å². The monoisotopic (exact) mass is 308 g/mol. The van der Waals surface area contributed by atoms with Gasteiger partial charge in [-0.15, -0.1) is 0 Å². The second-order valence-corrected chi connectivity index (χ2v) is 5.62. The lowest BCUT2D eigenvalue weighted by atomic mass is 9.92. The molecule has 2 aliphatic rings. The molecule has 0 N–H and O–H groups in total. The summed E-state index contributed by atoms with van der Waals surface area (Å²) in [6.07, 6.45) is -0.346. The summed E-state index contributed by atoms with van der Waals surface area (Å²) in [6, 6.07) is 17.5. The summed E-state index contributed by atoms with van der Waals surface area (Å²) in [7, 11) is 1.63. The molecule has 2 heterocycles. The van der Waals surface area contributed by atoms with Crippen LogP contribution >= 0.6 is 0 Å². The molecule has 2 aromatic carbocycles. The third-order valence-electron chi connectivity index (χ3n) is 4.32. The lowest BCUT2D eigenvalue weighted by molar-refractivity contribution is -0.143. The summed E-state index contributed by atoms with van der Waals surface area (Å²) < 4.78 is 16.6. The Morgan fingerprint density at radius 2 is 1.78 bits per heavy atom. The smallest absolute Gasteiger partial charge is 0.317 e. The maximum absolute atomic E-state index is 12.2. The van der Waals surface area contributed by atoms with Gasteiger partial charge in [0, 0.05) is 11.1 Å². The Hall–Kier alpha value is -2.75. The van der Waals surface area contributed by atoms with Gasteiger partial charge in [0.25, 0.3) is 0 Å². The van der Waals surface area contributed by atoms with Crippen LogP contribution in [0.3, 0.4) is 0 Å². The van der Waals surface area contributed by atoms with E-state index >= 15 is 0 Å². The summed E-state index contributed by atoms with van der Waals surface area (Å²) in [4.78, 5) is 12.2. The van der Waals surface area contributed by atoms with Crippen LogP contribution in [0, 0.1) is 5.92 Å². The minimum Gasteiger partial charge on any atom is -0.497 e. The highest BCUT2D eigenvalue weighted by Crippen LogP contribution is 2.48. The van der Waals surface area contributed by atoms with Crippen LogP contribution < -0.4 is 4.74 Å². The molecule has 23 heavy (non-hydrogen) atoms. The van der Waals surface area contributed by atoms with E-state index in [-0.39, 0.29) is 18.0 Å². The van der Waals surface area contributed by atoms with Crippen LogP contribution in [0.2, 0.25) is 0 Å². The Morgan fingerprint density at radius 3 is 2.48 bits per heavy atom. The average molecular weight is 308 g/mol. The number of benzene rings is 2. The van der Waals surface area contributed by atoms with Crippen molar-refractivity contribution >= 4 is 11.7 Å². The molecule has 2 aliphatic heterocycles. The van der Waals surface area contributed by atoms with E-state index in [1.54, 1.807) is 7.11 Å². The predicted octanol–water partition coefficient (Wildman–Crippen LogP) is 3.35. The van der Waals surface area contributed by atoms with Crippen molar-refractivity contribution in [3.05, 3.63) is 71.3 Å². The first kappa shape index (κ1) is 13.9. The standard InChI is InChI=1S/C19H16O4/c1-21-14-9-7-13(8-10-14)18-16-15(11-22-19(16)20)17(23-18)12-5-3-2-4-6-12/h2-10,16,18H,11H2,1H3. The molecule has 0 saturated carbocycles. The molecule has 2 unspecified atom stereocenters. The van der Waals surface area contributed by atoms with Gasteiger partial charge < -0.3 is 14.2 Å². The Labute approximate surface area is 134 Å². The zero-order valence-electron chi connectivity index (χ0n) is 12.7. The molecule has 4 heteroatoms. The maximum atomic E-state index is 12.2. The highest BCUT2D eigenvalue weighted by atomic mass is 16.6. The third kappa shape index (κ3) is 2.27. The first-order valence-corrected chi connectivity index (χ1v) is 7.53. The number of methoxy groups -OCH3 is 1. The molecule has 2 atom stereocenters. The number of esters is 1. The highest BCUT2D eigenvalue weighted by Gasteiger charge is 2.48. The number of hydrogen-bond acceptors (Lipinski definition) is 4. The summed E-state index contributed by atoms with van der Waals surface area (Å²) >= 11 is 0. The topological polar surface area (TPSA) is 44.8 Å². The van der Waals surface area contributed by atoms with Gasteiger partial charge in [0.15, 0.2) is 0 Å². The largest absolute Gasteiger partial charge is 0.497 e. The van der Waals surface area contributed by atoms with Crippen molar-refractivity contribution in [2.45, 2.75) is 6.10 Å². The molecule has 0 bridgehead atoms. The number of rotatable bonds is 3. The van der Waals surface area contributed by atoms with Crippen molar-refractivity contribution < 1.29 is 19.0 Å². The molecule has 116 valence electrons. The zero-order chi connectivity index (χ0) is 15.8. The zero-order valence-corrected chi connectivity index (χ0v) is 12.7. The normalized spacial score (nSPS) is 22.6. The second-order valence-electron chi connectivity index (χ2n) is 5.62. The summed E-state index contributed by atoms with van der Waals surface area (Å²) in [5, 5.41) is 0. The second kappa shape index (κ2) is 5.47. The van der Waals surface area contributed by atoms with E-state index in [9.17, 15) is 4.79 Å². The van der Waals surface area contributed by atoms with Crippen LogP contribution in [0.15, 0.2) is 60.2 Å². The fourth-order valence-corrected chi connectivity index (χ4v) is 3.15. The van der Waals surface area contributed by atoms with Gasteiger partial charge in [-0.3, -0.25) is 4.79 Å². The van der Waals surface area contributed by atoms with Crippen LogP contribution in [0.25, 0.3) is 5.76 Å². The molecule has 1 fully saturated rings. The third-order valence-corrected chi connectivity index (χ3v) is 4.32. The lowest BCUT2D eigenvalue weighted by Gasteiger charge is -2.17. The van der Waals surface area contributed by atoms with E-state index in [0.717, 1.165) is 28.2 Å². The van der Waals surface area contributed by atoms with Crippen molar-refractivity contribution in [2.24, 2.45) is 5.92 Å². The minimum atomic E-state index is -0.362. The van der Waals surface area contributed by atoms with Crippen molar-refractivity contribution in [2.75, 3.05) is 13.7 Å². The van der Waals surface area contributed by atoms with E-state index in [0.29, 0.717) is 6.61 Å². The molecule has 0 aromatic heterocycles. The Balaban J connectivity index is 1.72.